The zero-order chi connectivity index (χ0) is 9.68. The Bertz CT molecular complexity index is 272. The van der Waals surface area contributed by atoms with Crippen LogP contribution in [0.15, 0.2) is 30.3 Å². The summed E-state index contributed by atoms with van der Waals surface area (Å²) in [6, 6.07) is 9.47. The molecule has 0 aromatic heterocycles. The molecule has 1 unspecified atom stereocenters. The number of halogens is 1. The number of carbonyl (C=O) groups excluding carboxylic acids is 1. The highest BCUT2D eigenvalue weighted by molar-refractivity contribution is 6.21. The number of benzene rings is 1. The Morgan fingerprint density at radius 3 is 2.62 bits per heavy atom. The van der Waals surface area contributed by atoms with Crippen molar-refractivity contribution in [1.29, 1.82) is 0 Å². The minimum Gasteiger partial charge on any atom is -0.469 e. The second kappa shape index (κ2) is 4.87. The maximum absolute atomic E-state index is 10.9. The summed E-state index contributed by atoms with van der Waals surface area (Å²) >= 11 is 5.98. The zero-order valence-corrected chi connectivity index (χ0v) is 8.12. The Labute approximate surface area is 82.5 Å². The van der Waals surface area contributed by atoms with Crippen LogP contribution in [0.25, 0.3) is 0 Å². The maximum Gasteiger partial charge on any atom is 0.307 e. The van der Waals surface area contributed by atoms with E-state index >= 15 is 0 Å². The van der Waals surface area contributed by atoms with E-state index in [1.165, 1.54) is 7.11 Å². The number of hydrogen-bond donors (Lipinski definition) is 0. The van der Waals surface area contributed by atoms with Gasteiger partial charge in [0, 0.05) is 0 Å². The quantitative estimate of drug-likeness (QED) is 0.551. The van der Waals surface area contributed by atoms with Gasteiger partial charge in [0.1, 0.15) is 0 Å². The predicted molar refractivity (Wildman–Crippen MR) is 51.7 cm³/mol. The fourth-order valence-electron chi connectivity index (χ4n) is 1.01. The van der Waals surface area contributed by atoms with Crippen molar-refractivity contribution in [3.63, 3.8) is 0 Å². The number of alkyl halides is 1. The third kappa shape index (κ3) is 3.07. The summed E-state index contributed by atoms with van der Waals surface area (Å²) in [5.41, 5.74) is 0.939. The predicted octanol–water partition coefficient (Wildman–Crippen LogP) is 2.53. The summed E-state index contributed by atoms with van der Waals surface area (Å²) < 4.78 is 4.52. The lowest BCUT2D eigenvalue weighted by Crippen LogP contribution is -2.04. The number of carbonyl (C=O) groups is 1. The van der Waals surface area contributed by atoms with Crippen molar-refractivity contribution < 1.29 is 9.53 Å². The Morgan fingerprint density at radius 1 is 1.46 bits per heavy atom. The van der Waals surface area contributed by atoms with Crippen LogP contribution in [0.2, 0.25) is 0 Å². The van der Waals surface area contributed by atoms with Gasteiger partial charge in [-0.05, 0) is 5.56 Å². The van der Waals surface area contributed by atoms with Crippen LogP contribution in [0.3, 0.4) is 0 Å². The van der Waals surface area contributed by atoms with Gasteiger partial charge in [0.25, 0.3) is 0 Å². The monoisotopic (exact) mass is 198 g/mol. The molecule has 0 amide bonds. The van der Waals surface area contributed by atoms with Crippen molar-refractivity contribution in [2.45, 2.75) is 11.8 Å². The molecular formula is C10H11ClO2. The molecule has 0 saturated carbocycles. The first kappa shape index (κ1) is 10.1. The molecule has 2 nitrogen and oxygen atoms in total. The minimum absolute atomic E-state index is 0.210. The second-order valence-corrected chi connectivity index (χ2v) is 3.19. The van der Waals surface area contributed by atoms with E-state index in [9.17, 15) is 4.79 Å². The van der Waals surface area contributed by atoms with Crippen LogP contribution in [-0.2, 0) is 9.53 Å². The minimum atomic E-state index is -0.298. The lowest BCUT2D eigenvalue weighted by atomic mass is 10.1. The molecule has 0 fully saturated rings. The summed E-state index contributed by atoms with van der Waals surface area (Å²) in [5, 5.41) is -0.298. The smallest absolute Gasteiger partial charge is 0.307 e. The van der Waals surface area contributed by atoms with Crippen molar-refractivity contribution >= 4 is 17.6 Å². The van der Waals surface area contributed by atoms with Crippen LogP contribution in [0.1, 0.15) is 17.4 Å². The highest BCUT2D eigenvalue weighted by Gasteiger charge is 2.12. The lowest BCUT2D eigenvalue weighted by molar-refractivity contribution is -0.140. The Morgan fingerprint density at radius 2 is 2.08 bits per heavy atom. The molecule has 13 heavy (non-hydrogen) atoms. The van der Waals surface area contributed by atoms with Crippen molar-refractivity contribution in [2.24, 2.45) is 0 Å². The molecule has 0 aliphatic carbocycles. The topological polar surface area (TPSA) is 26.3 Å². The van der Waals surface area contributed by atoms with Crippen molar-refractivity contribution in [3.05, 3.63) is 35.9 Å². The van der Waals surface area contributed by atoms with Gasteiger partial charge in [0.2, 0.25) is 0 Å². The van der Waals surface area contributed by atoms with Crippen molar-refractivity contribution in [2.75, 3.05) is 7.11 Å². The number of esters is 1. The summed E-state index contributed by atoms with van der Waals surface area (Å²) in [5.74, 6) is -0.288. The zero-order valence-electron chi connectivity index (χ0n) is 7.37. The second-order valence-electron chi connectivity index (χ2n) is 2.66. The molecule has 0 saturated heterocycles. The molecule has 0 heterocycles. The van der Waals surface area contributed by atoms with Gasteiger partial charge in [0.05, 0.1) is 18.9 Å². The normalized spacial score (nSPS) is 12.2. The summed E-state index contributed by atoms with van der Waals surface area (Å²) in [6.45, 7) is 0. The largest absolute Gasteiger partial charge is 0.469 e. The van der Waals surface area contributed by atoms with Crippen LogP contribution < -0.4 is 0 Å². The van der Waals surface area contributed by atoms with Crippen LogP contribution in [0.4, 0.5) is 0 Å². The summed E-state index contributed by atoms with van der Waals surface area (Å²) in [6.07, 6.45) is 0.210. The molecule has 0 N–H and O–H groups in total. The van der Waals surface area contributed by atoms with Crippen molar-refractivity contribution in [3.8, 4) is 0 Å². The van der Waals surface area contributed by atoms with E-state index < -0.39 is 0 Å². The van der Waals surface area contributed by atoms with E-state index in [0.717, 1.165) is 5.56 Å². The average Bonchev–Trinajstić information content (AvgIpc) is 2.19. The molecule has 1 rings (SSSR count). The first-order valence-electron chi connectivity index (χ1n) is 4.00. The summed E-state index contributed by atoms with van der Waals surface area (Å²) in [4.78, 5) is 10.9. The van der Waals surface area contributed by atoms with Gasteiger partial charge in [-0.1, -0.05) is 30.3 Å². The van der Waals surface area contributed by atoms with Crippen LogP contribution >= 0.6 is 11.6 Å². The van der Waals surface area contributed by atoms with E-state index in [4.69, 9.17) is 11.6 Å². The van der Waals surface area contributed by atoms with E-state index in [1.807, 2.05) is 30.3 Å². The Balaban J connectivity index is 2.59. The molecule has 1 aromatic rings. The molecule has 1 atom stereocenters. The SMILES string of the molecule is COC(=O)CC(Cl)c1ccccc1. The fraction of sp³-hybridized carbons (Fsp3) is 0.300. The van der Waals surface area contributed by atoms with Gasteiger partial charge in [-0.25, -0.2) is 0 Å². The van der Waals surface area contributed by atoms with Gasteiger partial charge < -0.3 is 4.74 Å². The number of rotatable bonds is 3. The van der Waals surface area contributed by atoms with Crippen LogP contribution in [0, 0.1) is 0 Å². The average molecular weight is 199 g/mol. The van der Waals surface area contributed by atoms with E-state index in [1.54, 1.807) is 0 Å². The molecule has 1 aromatic carbocycles. The Kier molecular flexibility index (Phi) is 3.77. The van der Waals surface area contributed by atoms with Gasteiger partial charge in [-0.3, -0.25) is 4.79 Å². The first-order chi connectivity index (χ1) is 6.24. The summed E-state index contributed by atoms with van der Waals surface area (Å²) in [7, 11) is 1.36. The number of hydrogen-bond acceptors (Lipinski definition) is 2. The fourth-order valence-corrected chi connectivity index (χ4v) is 1.28. The lowest BCUT2D eigenvalue weighted by Gasteiger charge is -2.07. The molecule has 0 spiro atoms. The number of ether oxygens (including phenoxy) is 1. The van der Waals surface area contributed by atoms with E-state index in [-0.39, 0.29) is 17.8 Å². The third-order valence-electron chi connectivity index (χ3n) is 1.73. The molecule has 70 valence electrons. The molecule has 0 aliphatic heterocycles. The number of methoxy groups -OCH3 is 1. The highest BCUT2D eigenvalue weighted by Crippen LogP contribution is 2.23. The maximum atomic E-state index is 10.9. The molecular weight excluding hydrogens is 188 g/mol. The molecule has 0 bridgehead atoms. The highest BCUT2D eigenvalue weighted by atomic mass is 35.5. The van der Waals surface area contributed by atoms with Gasteiger partial charge in [-0.15, -0.1) is 11.6 Å². The first-order valence-corrected chi connectivity index (χ1v) is 4.43. The Hall–Kier alpha value is -1.02. The van der Waals surface area contributed by atoms with E-state index in [0.29, 0.717) is 0 Å². The van der Waals surface area contributed by atoms with Crippen molar-refractivity contribution in [1.82, 2.24) is 0 Å². The van der Waals surface area contributed by atoms with Gasteiger partial charge in [-0.2, -0.15) is 0 Å². The van der Waals surface area contributed by atoms with Gasteiger partial charge >= 0.3 is 5.97 Å². The third-order valence-corrected chi connectivity index (χ3v) is 2.14. The van der Waals surface area contributed by atoms with Gasteiger partial charge in [0.15, 0.2) is 0 Å². The molecule has 0 radical (unpaired) electrons. The molecule has 0 aliphatic rings. The van der Waals surface area contributed by atoms with E-state index in [2.05, 4.69) is 4.74 Å². The standard InChI is InChI=1S/C10H11ClO2/c1-13-10(12)7-9(11)8-5-3-2-4-6-8/h2-6,9H,7H2,1H3. The van der Waals surface area contributed by atoms with Crippen LogP contribution in [-0.4, -0.2) is 13.1 Å². The molecule has 3 heteroatoms. The van der Waals surface area contributed by atoms with Crippen LogP contribution in [0.5, 0.6) is 0 Å².